The fourth-order valence-electron chi connectivity index (χ4n) is 2.37. The zero-order valence-electron chi connectivity index (χ0n) is 13.3. The van der Waals surface area contributed by atoms with E-state index in [2.05, 4.69) is 10.3 Å². The fraction of sp³-hybridized carbons (Fsp3) is 0.412. The molecular formula is C17H22N2O2S. The van der Waals surface area contributed by atoms with E-state index in [-0.39, 0.29) is 5.91 Å². The normalized spacial score (nSPS) is 10.5. The highest BCUT2D eigenvalue weighted by atomic mass is 32.1. The lowest BCUT2D eigenvalue weighted by molar-refractivity contribution is -0.121. The minimum Gasteiger partial charge on any atom is -0.496 e. The molecule has 0 aliphatic rings. The number of aryl methyl sites for hydroxylation is 3. The molecule has 1 heterocycles. The maximum atomic E-state index is 11.9. The molecule has 0 aliphatic heterocycles. The number of ether oxygens (including phenoxy) is 1. The predicted octanol–water partition coefficient (Wildman–Crippen LogP) is 3.06. The Morgan fingerprint density at radius 1 is 1.27 bits per heavy atom. The van der Waals surface area contributed by atoms with Gasteiger partial charge in [0, 0.05) is 24.3 Å². The van der Waals surface area contributed by atoms with Crippen LogP contribution in [0.25, 0.3) is 0 Å². The molecule has 0 saturated heterocycles. The van der Waals surface area contributed by atoms with Crippen LogP contribution in [0.2, 0.25) is 0 Å². The highest BCUT2D eigenvalue weighted by molar-refractivity contribution is 7.11. The van der Waals surface area contributed by atoms with Gasteiger partial charge in [-0.1, -0.05) is 18.2 Å². The van der Waals surface area contributed by atoms with Crippen LogP contribution in [0.4, 0.5) is 0 Å². The summed E-state index contributed by atoms with van der Waals surface area (Å²) < 4.78 is 5.29. The van der Waals surface area contributed by atoms with Gasteiger partial charge in [0.1, 0.15) is 5.75 Å². The molecule has 0 unspecified atom stereocenters. The summed E-state index contributed by atoms with van der Waals surface area (Å²) in [6, 6.07) is 7.81. The van der Waals surface area contributed by atoms with Gasteiger partial charge in [0.25, 0.3) is 0 Å². The average molecular weight is 318 g/mol. The van der Waals surface area contributed by atoms with E-state index in [1.54, 1.807) is 18.4 Å². The fourth-order valence-corrected chi connectivity index (χ4v) is 3.30. The maximum absolute atomic E-state index is 11.9. The first-order chi connectivity index (χ1) is 10.6. The summed E-state index contributed by atoms with van der Waals surface area (Å²) in [6.07, 6.45) is 2.01. The van der Waals surface area contributed by atoms with E-state index in [0.29, 0.717) is 19.4 Å². The summed E-state index contributed by atoms with van der Waals surface area (Å²) in [5.41, 5.74) is 2.14. The molecule has 0 bridgehead atoms. The van der Waals surface area contributed by atoms with E-state index >= 15 is 0 Å². The molecule has 118 valence electrons. The molecule has 0 saturated carbocycles. The number of nitrogens with zero attached hydrogens (tertiary/aromatic N) is 1. The molecule has 0 spiro atoms. The zero-order chi connectivity index (χ0) is 15.9. The predicted molar refractivity (Wildman–Crippen MR) is 89.6 cm³/mol. The van der Waals surface area contributed by atoms with E-state index in [4.69, 9.17) is 4.74 Å². The van der Waals surface area contributed by atoms with Gasteiger partial charge in [-0.05, 0) is 31.9 Å². The van der Waals surface area contributed by atoms with Crippen LogP contribution in [-0.4, -0.2) is 24.5 Å². The highest BCUT2D eigenvalue weighted by Gasteiger charge is 2.08. The van der Waals surface area contributed by atoms with E-state index in [1.165, 1.54) is 4.88 Å². The SMILES string of the molecule is COc1ccccc1CCC(=O)NCCc1sc(C)nc1C. The molecule has 5 heteroatoms. The Morgan fingerprint density at radius 2 is 2.05 bits per heavy atom. The number of nitrogens with one attached hydrogen (secondary N) is 1. The van der Waals surface area contributed by atoms with Crippen molar-refractivity contribution >= 4 is 17.2 Å². The first-order valence-corrected chi connectivity index (χ1v) is 8.23. The quantitative estimate of drug-likeness (QED) is 0.853. The van der Waals surface area contributed by atoms with Crippen LogP contribution in [0.1, 0.15) is 27.6 Å². The summed E-state index contributed by atoms with van der Waals surface area (Å²) >= 11 is 1.70. The van der Waals surface area contributed by atoms with Gasteiger partial charge in [-0.15, -0.1) is 11.3 Å². The van der Waals surface area contributed by atoms with Gasteiger partial charge in [-0.3, -0.25) is 4.79 Å². The molecule has 2 rings (SSSR count). The van der Waals surface area contributed by atoms with Crippen molar-refractivity contribution in [3.05, 3.63) is 45.4 Å². The van der Waals surface area contributed by atoms with Crippen LogP contribution >= 0.6 is 11.3 Å². The summed E-state index contributed by atoms with van der Waals surface area (Å²) in [5.74, 6) is 0.913. The Kier molecular flexibility index (Phi) is 5.95. The standard InChI is InChI=1S/C17H22N2O2S/c1-12-16(22-13(2)19-12)10-11-18-17(20)9-8-14-6-4-5-7-15(14)21-3/h4-7H,8-11H2,1-3H3,(H,18,20). The lowest BCUT2D eigenvalue weighted by Gasteiger charge is -2.08. The zero-order valence-corrected chi connectivity index (χ0v) is 14.1. The lowest BCUT2D eigenvalue weighted by Crippen LogP contribution is -2.25. The number of para-hydroxylation sites is 1. The Labute approximate surface area is 135 Å². The van der Waals surface area contributed by atoms with Crippen molar-refractivity contribution < 1.29 is 9.53 Å². The van der Waals surface area contributed by atoms with Crippen molar-refractivity contribution in [2.45, 2.75) is 33.1 Å². The second-order valence-electron chi connectivity index (χ2n) is 5.15. The van der Waals surface area contributed by atoms with Crippen molar-refractivity contribution in [2.24, 2.45) is 0 Å². The van der Waals surface area contributed by atoms with Gasteiger partial charge in [-0.2, -0.15) is 0 Å². The van der Waals surface area contributed by atoms with E-state index in [9.17, 15) is 4.79 Å². The number of hydrogen-bond acceptors (Lipinski definition) is 4. The number of hydrogen-bond donors (Lipinski definition) is 1. The van der Waals surface area contributed by atoms with Crippen LogP contribution in [0, 0.1) is 13.8 Å². The smallest absolute Gasteiger partial charge is 0.220 e. The third kappa shape index (κ3) is 4.56. The molecule has 4 nitrogen and oxygen atoms in total. The second-order valence-corrected chi connectivity index (χ2v) is 6.44. The molecule has 1 aromatic heterocycles. The van der Waals surface area contributed by atoms with Gasteiger partial charge >= 0.3 is 0 Å². The van der Waals surface area contributed by atoms with Crippen LogP contribution in [0.3, 0.4) is 0 Å². The van der Waals surface area contributed by atoms with Crippen LogP contribution in [-0.2, 0) is 17.6 Å². The number of amides is 1. The number of aromatic nitrogens is 1. The first-order valence-electron chi connectivity index (χ1n) is 7.41. The van der Waals surface area contributed by atoms with Gasteiger partial charge in [0.05, 0.1) is 17.8 Å². The van der Waals surface area contributed by atoms with Gasteiger partial charge < -0.3 is 10.1 Å². The van der Waals surface area contributed by atoms with E-state index < -0.39 is 0 Å². The molecule has 1 amide bonds. The molecule has 1 N–H and O–H groups in total. The van der Waals surface area contributed by atoms with Crippen molar-refractivity contribution in [3.63, 3.8) is 0 Å². The Balaban J connectivity index is 1.75. The molecular weight excluding hydrogens is 296 g/mol. The van der Waals surface area contributed by atoms with Crippen LogP contribution in [0.5, 0.6) is 5.75 Å². The van der Waals surface area contributed by atoms with Gasteiger partial charge in [-0.25, -0.2) is 4.98 Å². The number of rotatable bonds is 7. The maximum Gasteiger partial charge on any atom is 0.220 e. The summed E-state index contributed by atoms with van der Waals surface area (Å²) in [6.45, 7) is 4.68. The minimum atomic E-state index is 0.0739. The van der Waals surface area contributed by atoms with E-state index in [0.717, 1.165) is 28.4 Å². The van der Waals surface area contributed by atoms with Crippen molar-refractivity contribution in [1.29, 1.82) is 0 Å². The van der Waals surface area contributed by atoms with Crippen molar-refractivity contribution in [3.8, 4) is 5.75 Å². The summed E-state index contributed by atoms with van der Waals surface area (Å²) in [4.78, 5) is 17.6. The Hall–Kier alpha value is -1.88. The number of methoxy groups -OCH3 is 1. The molecule has 0 atom stereocenters. The average Bonchev–Trinajstić information content (AvgIpc) is 2.83. The highest BCUT2D eigenvalue weighted by Crippen LogP contribution is 2.19. The molecule has 1 aromatic carbocycles. The topological polar surface area (TPSA) is 51.2 Å². The van der Waals surface area contributed by atoms with E-state index in [1.807, 2.05) is 38.1 Å². The second kappa shape index (κ2) is 7.94. The molecule has 0 radical (unpaired) electrons. The lowest BCUT2D eigenvalue weighted by atomic mass is 10.1. The van der Waals surface area contributed by atoms with Crippen LogP contribution in [0.15, 0.2) is 24.3 Å². The number of thiazole rings is 1. The van der Waals surface area contributed by atoms with Gasteiger partial charge in [0.2, 0.25) is 5.91 Å². The number of carbonyl (C=O) groups is 1. The number of benzene rings is 1. The number of carbonyl (C=O) groups excluding carboxylic acids is 1. The van der Waals surface area contributed by atoms with Gasteiger partial charge in [0.15, 0.2) is 0 Å². The molecule has 22 heavy (non-hydrogen) atoms. The third-order valence-corrected chi connectivity index (χ3v) is 4.62. The molecule has 0 fully saturated rings. The minimum absolute atomic E-state index is 0.0739. The monoisotopic (exact) mass is 318 g/mol. The molecule has 0 aliphatic carbocycles. The van der Waals surface area contributed by atoms with Crippen LogP contribution < -0.4 is 10.1 Å². The largest absolute Gasteiger partial charge is 0.496 e. The first kappa shape index (κ1) is 16.5. The summed E-state index contributed by atoms with van der Waals surface area (Å²) in [7, 11) is 1.65. The summed E-state index contributed by atoms with van der Waals surface area (Å²) in [5, 5.41) is 4.05. The Bertz CT molecular complexity index is 637. The Morgan fingerprint density at radius 3 is 2.73 bits per heavy atom. The molecule has 2 aromatic rings. The third-order valence-electron chi connectivity index (χ3n) is 3.49. The van der Waals surface area contributed by atoms with Crippen molar-refractivity contribution in [2.75, 3.05) is 13.7 Å². The van der Waals surface area contributed by atoms with Crippen molar-refractivity contribution in [1.82, 2.24) is 10.3 Å².